The van der Waals surface area contributed by atoms with Crippen LogP contribution in [0.5, 0.6) is 0 Å². The molecule has 0 aliphatic carbocycles. The van der Waals surface area contributed by atoms with E-state index in [1.807, 2.05) is 0 Å². The Labute approximate surface area is 136 Å². The van der Waals surface area contributed by atoms with Gasteiger partial charge in [0.2, 0.25) is 0 Å². The first-order valence-electron chi connectivity index (χ1n) is 7.31. The lowest BCUT2D eigenvalue weighted by Gasteiger charge is -2.33. The first-order chi connectivity index (χ1) is 9.97. The summed E-state index contributed by atoms with van der Waals surface area (Å²) in [6, 6.07) is 0. The molecule has 8 heteroatoms. The maximum Gasteiger partial charge on any atom is 0.254 e. The van der Waals surface area contributed by atoms with Crippen molar-refractivity contribution in [1.29, 1.82) is 0 Å². The average Bonchev–Trinajstić information content (AvgIpc) is 2.92. The van der Waals surface area contributed by atoms with E-state index in [1.165, 1.54) is 6.20 Å². The summed E-state index contributed by atoms with van der Waals surface area (Å²) in [4.78, 5) is 6.23. The van der Waals surface area contributed by atoms with Gasteiger partial charge in [-0.2, -0.15) is 4.31 Å². The molecule has 21 heavy (non-hydrogen) atoms. The van der Waals surface area contributed by atoms with Crippen LogP contribution in [0.1, 0.15) is 26.7 Å². The summed E-state index contributed by atoms with van der Waals surface area (Å²) in [5.74, 6) is 0.585. The smallest absolute Gasteiger partial charge is 0.254 e. The zero-order valence-electron chi connectivity index (χ0n) is 12.5. The van der Waals surface area contributed by atoms with E-state index in [0.29, 0.717) is 19.0 Å². The van der Waals surface area contributed by atoms with Crippen molar-refractivity contribution in [1.82, 2.24) is 14.2 Å². The maximum atomic E-state index is 12.5. The topological polar surface area (TPSA) is 53.5 Å². The predicted molar refractivity (Wildman–Crippen MR) is 86.4 cm³/mol. The van der Waals surface area contributed by atoms with Crippen molar-refractivity contribution in [3.63, 3.8) is 0 Å². The molecular weight excluding hydrogens is 330 g/mol. The van der Waals surface area contributed by atoms with Crippen molar-refractivity contribution in [2.75, 3.05) is 32.7 Å². The van der Waals surface area contributed by atoms with E-state index in [2.05, 4.69) is 23.7 Å². The highest BCUT2D eigenvalue weighted by molar-refractivity contribution is 7.91. The monoisotopic (exact) mass is 351 g/mol. The highest BCUT2D eigenvalue weighted by atomic mass is 35.5. The van der Waals surface area contributed by atoms with Gasteiger partial charge in [-0.3, -0.25) is 0 Å². The Morgan fingerprint density at radius 2 is 2.00 bits per heavy atom. The molecule has 1 aliphatic heterocycles. The summed E-state index contributed by atoms with van der Waals surface area (Å²) in [5, 5.41) is 0. The Balaban J connectivity index is 1.94. The van der Waals surface area contributed by atoms with Crippen LogP contribution in [0, 0.1) is 5.92 Å². The van der Waals surface area contributed by atoms with Gasteiger partial charge in [-0.25, -0.2) is 13.4 Å². The van der Waals surface area contributed by atoms with E-state index in [4.69, 9.17) is 11.6 Å². The van der Waals surface area contributed by atoms with Gasteiger partial charge in [0, 0.05) is 19.6 Å². The zero-order valence-corrected chi connectivity index (χ0v) is 14.8. The second-order valence-electron chi connectivity index (χ2n) is 5.27. The fourth-order valence-electron chi connectivity index (χ4n) is 2.66. The van der Waals surface area contributed by atoms with Gasteiger partial charge in [-0.1, -0.05) is 36.8 Å². The molecule has 0 radical (unpaired) electrons. The number of sulfonamides is 1. The lowest BCUT2D eigenvalue weighted by molar-refractivity contribution is 0.194. The molecule has 1 fully saturated rings. The van der Waals surface area contributed by atoms with Crippen LogP contribution in [0.2, 0.25) is 4.47 Å². The Hall–Kier alpha value is -0.210. The number of piperidine rings is 1. The third kappa shape index (κ3) is 4.16. The minimum Gasteiger partial charge on any atom is -0.304 e. The van der Waals surface area contributed by atoms with E-state index in [0.717, 1.165) is 43.8 Å². The van der Waals surface area contributed by atoms with Gasteiger partial charge in [0.05, 0.1) is 6.20 Å². The molecule has 0 bridgehead atoms. The average molecular weight is 352 g/mol. The number of thiazole rings is 1. The Morgan fingerprint density at radius 1 is 1.38 bits per heavy atom. The number of rotatable bonds is 6. The van der Waals surface area contributed by atoms with E-state index in [1.54, 1.807) is 4.31 Å². The molecule has 0 unspecified atom stereocenters. The summed E-state index contributed by atoms with van der Waals surface area (Å²) in [5.41, 5.74) is 0. The first-order valence-corrected chi connectivity index (χ1v) is 9.94. The van der Waals surface area contributed by atoms with Crippen molar-refractivity contribution in [3.05, 3.63) is 10.7 Å². The van der Waals surface area contributed by atoms with Crippen LogP contribution in [0.3, 0.4) is 0 Å². The Bertz CT molecular complexity index is 550. The molecule has 120 valence electrons. The van der Waals surface area contributed by atoms with Crippen molar-refractivity contribution >= 4 is 33.0 Å². The third-order valence-electron chi connectivity index (χ3n) is 4.03. The lowest BCUT2D eigenvalue weighted by atomic mass is 9.97. The number of nitrogens with zero attached hydrogens (tertiary/aromatic N) is 3. The quantitative estimate of drug-likeness (QED) is 0.790. The molecule has 0 atom stereocenters. The number of hydrogen-bond acceptors (Lipinski definition) is 5. The molecule has 1 aromatic rings. The summed E-state index contributed by atoms with van der Waals surface area (Å²) in [7, 11) is -3.41. The van der Waals surface area contributed by atoms with Crippen LogP contribution in [0.4, 0.5) is 0 Å². The van der Waals surface area contributed by atoms with E-state index < -0.39 is 10.0 Å². The van der Waals surface area contributed by atoms with Crippen LogP contribution in [0.15, 0.2) is 10.4 Å². The van der Waals surface area contributed by atoms with Gasteiger partial charge in [-0.05, 0) is 31.8 Å². The molecule has 0 spiro atoms. The Kier molecular flexibility index (Phi) is 6.02. The molecule has 0 amide bonds. The van der Waals surface area contributed by atoms with Gasteiger partial charge in [0.25, 0.3) is 10.0 Å². The van der Waals surface area contributed by atoms with Gasteiger partial charge in [0.15, 0.2) is 8.68 Å². The largest absolute Gasteiger partial charge is 0.304 e. The number of aromatic nitrogens is 1. The second-order valence-corrected chi connectivity index (χ2v) is 9.04. The van der Waals surface area contributed by atoms with Crippen molar-refractivity contribution in [2.45, 2.75) is 30.9 Å². The zero-order chi connectivity index (χ0) is 15.5. The molecule has 0 aromatic carbocycles. The molecule has 1 aliphatic rings. The highest BCUT2D eigenvalue weighted by Gasteiger charge is 2.31. The van der Waals surface area contributed by atoms with Crippen LogP contribution in [-0.4, -0.2) is 55.3 Å². The van der Waals surface area contributed by atoms with Crippen LogP contribution in [-0.2, 0) is 10.0 Å². The lowest BCUT2D eigenvalue weighted by Crippen LogP contribution is -2.41. The summed E-state index contributed by atoms with van der Waals surface area (Å²) in [6.07, 6.45) is 3.19. The van der Waals surface area contributed by atoms with Gasteiger partial charge in [0.1, 0.15) is 0 Å². The molecule has 0 saturated carbocycles. The normalized spacial score (nSPS) is 18.5. The number of halogens is 1. The molecule has 2 rings (SSSR count). The number of hydrogen-bond donors (Lipinski definition) is 0. The molecule has 1 aromatic heterocycles. The minimum atomic E-state index is -3.41. The minimum absolute atomic E-state index is 0.245. The fourth-order valence-corrected chi connectivity index (χ4v) is 5.58. The summed E-state index contributed by atoms with van der Waals surface area (Å²) >= 11 is 6.76. The van der Waals surface area contributed by atoms with Gasteiger partial charge in [-0.15, -0.1) is 0 Å². The summed E-state index contributed by atoms with van der Waals surface area (Å²) in [6.45, 7) is 8.66. The van der Waals surface area contributed by atoms with Crippen LogP contribution in [0.25, 0.3) is 0 Å². The first kappa shape index (κ1) is 17.1. The van der Waals surface area contributed by atoms with E-state index >= 15 is 0 Å². The second kappa shape index (κ2) is 7.37. The van der Waals surface area contributed by atoms with Gasteiger partial charge >= 0.3 is 0 Å². The molecule has 0 N–H and O–H groups in total. The predicted octanol–water partition coefficient (Wildman–Crippen LogP) is 2.54. The molecular formula is C13H22ClN3O2S2. The highest BCUT2D eigenvalue weighted by Crippen LogP contribution is 2.28. The standard InChI is InChI=1S/C13H22ClN3O2S2/c1-3-16(4-2)10-11-5-7-17(8-6-11)21(18,19)12-9-15-13(14)20-12/h9,11H,3-8,10H2,1-2H3. The summed E-state index contributed by atoms with van der Waals surface area (Å²) < 4.78 is 27.0. The van der Waals surface area contributed by atoms with Gasteiger partial charge < -0.3 is 4.90 Å². The van der Waals surface area contributed by atoms with Crippen molar-refractivity contribution in [2.24, 2.45) is 5.92 Å². The van der Waals surface area contributed by atoms with Crippen LogP contribution < -0.4 is 0 Å². The van der Waals surface area contributed by atoms with E-state index in [-0.39, 0.29) is 8.68 Å². The molecule has 5 nitrogen and oxygen atoms in total. The molecule has 1 saturated heterocycles. The molecule has 2 heterocycles. The Morgan fingerprint density at radius 3 is 2.48 bits per heavy atom. The van der Waals surface area contributed by atoms with Crippen molar-refractivity contribution in [3.8, 4) is 0 Å². The van der Waals surface area contributed by atoms with Crippen molar-refractivity contribution < 1.29 is 8.42 Å². The van der Waals surface area contributed by atoms with Crippen LogP contribution >= 0.6 is 22.9 Å². The maximum absolute atomic E-state index is 12.5. The fraction of sp³-hybridized carbons (Fsp3) is 0.769. The SMILES string of the molecule is CCN(CC)CC1CCN(S(=O)(=O)c2cnc(Cl)s2)CC1. The van der Waals surface area contributed by atoms with E-state index in [9.17, 15) is 8.42 Å². The third-order valence-corrected chi connectivity index (χ3v) is 7.48.